The van der Waals surface area contributed by atoms with Crippen molar-refractivity contribution in [2.75, 3.05) is 0 Å². The Labute approximate surface area is 316 Å². The summed E-state index contributed by atoms with van der Waals surface area (Å²) >= 11 is 0. The van der Waals surface area contributed by atoms with E-state index in [0.717, 1.165) is 33.3 Å². The SMILES string of the molecule is O=C(O)C(=O)c1c[nH]c2ccc(C3CCCCC3)cc12.O=C(O)Cc1c[nH]c2ccc(C3CCCCC3)cc12.c1cc2cc(C3CCCCC3)ccc2[nH]1. The van der Waals surface area contributed by atoms with Crippen molar-refractivity contribution in [2.45, 2.75) is 120 Å². The van der Waals surface area contributed by atoms with E-state index in [1.165, 1.54) is 125 Å². The summed E-state index contributed by atoms with van der Waals surface area (Å²) in [5.74, 6) is -1.02. The molecule has 282 valence electrons. The fraction of sp³-hybridized carbons (Fsp3) is 0.413. The Morgan fingerprint density at radius 1 is 0.537 bits per heavy atom. The molecular weight excluding hydrogens is 675 g/mol. The molecule has 3 saturated carbocycles. The zero-order chi connectivity index (χ0) is 37.4. The minimum absolute atomic E-state index is 0.0914. The first kappa shape index (κ1) is 37.2. The minimum Gasteiger partial charge on any atom is -0.481 e. The average molecular weight is 728 g/mol. The van der Waals surface area contributed by atoms with E-state index in [2.05, 4.69) is 63.5 Å². The normalized spacial score (nSPS) is 17.1. The molecule has 0 unspecified atom stereocenters. The van der Waals surface area contributed by atoms with Gasteiger partial charge in [-0.1, -0.05) is 76.0 Å². The largest absolute Gasteiger partial charge is 0.481 e. The predicted molar refractivity (Wildman–Crippen MR) is 216 cm³/mol. The number of aromatic nitrogens is 3. The van der Waals surface area contributed by atoms with Crippen LogP contribution in [-0.2, 0) is 16.0 Å². The van der Waals surface area contributed by atoms with Gasteiger partial charge in [0.15, 0.2) is 0 Å². The van der Waals surface area contributed by atoms with E-state index in [9.17, 15) is 14.4 Å². The number of carbonyl (C=O) groups excluding carboxylic acids is 1. The van der Waals surface area contributed by atoms with Gasteiger partial charge in [-0.15, -0.1) is 0 Å². The van der Waals surface area contributed by atoms with E-state index in [1.54, 1.807) is 5.56 Å². The molecule has 0 atom stereocenters. The molecule has 0 amide bonds. The summed E-state index contributed by atoms with van der Waals surface area (Å²) in [6, 6.07) is 21.5. The molecule has 3 aliphatic rings. The van der Waals surface area contributed by atoms with Crippen molar-refractivity contribution >= 4 is 50.4 Å². The lowest BCUT2D eigenvalue weighted by molar-refractivity contribution is -0.136. The van der Waals surface area contributed by atoms with Crippen LogP contribution in [0.1, 0.15) is 147 Å². The summed E-state index contributed by atoms with van der Waals surface area (Å²) in [4.78, 5) is 42.8. The smallest absolute Gasteiger partial charge is 0.377 e. The number of H-pyrrole nitrogens is 3. The van der Waals surface area contributed by atoms with Gasteiger partial charge in [0.1, 0.15) is 0 Å². The number of ketones is 1. The highest BCUT2D eigenvalue weighted by Gasteiger charge is 2.22. The number of fused-ring (bicyclic) bond motifs is 3. The van der Waals surface area contributed by atoms with E-state index >= 15 is 0 Å². The third-order valence-corrected chi connectivity index (χ3v) is 12.1. The van der Waals surface area contributed by atoms with Crippen LogP contribution >= 0.6 is 0 Å². The molecule has 8 nitrogen and oxygen atoms in total. The van der Waals surface area contributed by atoms with Crippen molar-refractivity contribution in [2.24, 2.45) is 0 Å². The van der Waals surface area contributed by atoms with Gasteiger partial charge in [0.25, 0.3) is 5.78 Å². The molecule has 0 saturated heterocycles. The zero-order valence-electron chi connectivity index (χ0n) is 31.2. The van der Waals surface area contributed by atoms with Gasteiger partial charge in [0, 0.05) is 45.9 Å². The van der Waals surface area contributed by atoms with Crippen molar-refractivity contribution in [3.8, 4) is 0 Å². The van der Waals surface area contributed by atoms with Gasteiger partial charge in [-0.3, -0.25) is 9.59 Å². The lowest BCUT2D eigenvalue weighted by atomic mass is 9.83. The number of carboxylic acid groups (broad SMARTS) is 2. The number of carbonyl (C=O) groups is 3. The van der Waals surface area contributed by atoms with Crippen molar-refractivity contribution in [3.63, 3.8) is 0 Å². The zero-order valence-corrected chi connectivity index (χ0v) is 31.2. The number of aromatic amines is 3. The average Bonchev–Trinajstić information content (AvgIpc) is 3.97. The number of hydrogen-bond acceptors (Lipinski definition) is 3. The topological polar surface area (TPSA) is 139 Å². The lowest BCUT2D eigenvalue weighted by Gasteiger charge is -2.22. The van der Waals surface area contributed by atoms with Crippen LogP contribution in [0.4, 0.5) is 0 Å². The van der Waals surface area contributed by atoms with Crippen LogP contribution in [-0.4, -0.2) is 42.9 Å². The highest BCUT2D eigenvalue weighted by Crippen LogP contribution is 2.36. The lowest BCUT2D eigenvalue weighted by Crippen LogP contribution is -2.12. The number of aliphatic carboxylic acids is 2. The van der Waals surface area contributed by atoms with Crippen LogP contribution in [0.5, 0.6) is 0 Å². The Morgan fingerprint density at radius 3 is 1.56 bits per heavy atom. The van der Waals surface area contributed by atoms with Crippen LogP contribution in [0.2, 0.25) is 0 Å². The molecule has 5 N–H and O–H groups in total. The molecule has 0 spiro atoms. The van der Waals surface area contributed by atoms with Crippen molar-refractivity contribution in [1.29, 1.82) is 0 Å². The first-order chi connectivity index (χ1) is 26.3. The molecule has 3 aromatic carbocycles. The third kappa shape index (κ3) is 8.81. The predicted octanol–water partition coefficient (Wildman–Crippen LogP) is 11.5. The van der Waals surface area contributed by atoms with Gasteiger partial charge in [-0.25, -0.2) is 4.79 Å². The summed E-state index contributed by atoms with van der Waals surface area (Å²) in [7, 11) is 0. The van der Waals surface area contributed by atoms with E-state index in [0.29, 0.717) is 11.8 Å². The Hall–Kier alpha value is -5.11. The van der Waals surface area contributed by atoms with E-state index in [4.69, 9.17) is 10.2 Å². The third-order valence-electron chi connectivity index (χ3n) is 12.1. The molecule has 9 rings (SSSR count). The molecule has 8 heteroatoms. The Morgan fingerprint density at radius 2 is 1.02 bits per heavy atom. The fourth-order valence-corrected chi connectivity index (χ4v) is 9.09. The number of rotatable bonds is 7. The number of hydrogen-bond donors (Lipinski definition) is 5. The highest BCUT2D eigenvalue weighted by atomic mass is 16.4. The molecule has 3 aromatic heterocycles. The minimum atomic E-state index is -1.41. The maximum atomic E-state index is 11.7. The maximum Gasteiger partial charge on any atom is 0.377 e. The molecule has 54 heavy (non-hydrogen) atoms. The second kappa shape index (κ2) is 17.4. The molecule has 0 aliphatic heterocycles. The molecular formula is C46H53N3O5. The van der Waals surface area contributed by atoms with Gasteiger partial charge in [0.05, 0.1) is 12.0 Å². The Balaban J connectivity index is 0.000000126. The summed E-state index contributed by atoms with van der Waals surface area (Å²) < 4.78 is 0. The van der Waals surface area contributed by atoms with Gasteiger partial charge < -0.3 is 25.2 Å². The molecule has 3 heterocycles. The van der Waals surface area contributed by atoms with Crippen molar-refractivity contribution in [3.05, 3.63) is 107 Å². The van der Waals surface area contributed by atoms with Crippen LogP contribution in [0, 0.1) is 0 Å². The van der Waals surface area contributed by atoms with E-state index in [1.807, 2.05) is 24.5 Å². The standard InChI is InChI=1S/C16H17NO3.C16H19NO2.C14H17N/c18-15(16(19)20)13-9-17-14-7-6-11(8-12(13)14)10-4-2-1-3-5-10;18-16(19)9-13-10-17-15-7-6-12(8-14(13)15)11-4-2-1-3-5-11;1-2-4-11(5-3-1)12-6-7-14-13(10-12)8-9-15-14/h6-10,17H,1-5H2,(H,19,20);6-8,10-11,17H,1-5,9H2,(H,18,19);6-11,15H,1-5H2. The number of Topliss-reactive ketones (excluding diaryl/α,β-unsaturated/α-hetero) is 1. The number of carboxylic acids is 2. The van der Waals surface area contributed by atoms with Crippen LogP contribution < -0.4 is 0 Å². The second-order valence-corrected chi connectivity index (χ2v) is 15.7. The summed E-state index contributed by atoms with van der Waals surface area (Å²) in [5, 5.41) is 21.0. The van der Waals surface area contributed by atoms with E-state index < -0.39 is 17.7 Å². The molecule has 3 aliphatic carbocycles. The van der Waals surface area contributed by atoms with Crippen molar-refractivity contribution in [1.82, 2.24) is 15.0 Å². The fourth-order valence-electron chi connectivity index (χ4n) is 9.09. The molecule has 0 bridgehead atoms. The molecule has 3 fully saturated rings. The van der Waals surface area contributed by atoms with Gasteiger partial charge >= 0.3 is 11.9 Å². The molecule has 0 radical (unpaired) electrons. The summed E-state index contributed by atoms with van der Waals surface area (Å²) in [6.45, 7) is 0. The summed E-state index contributed by atoms with van der Waals surface area (Å²) in [6.07, 6.45) is 25.1. The maximum absolute atomic E-state index is 11.7. The quantitative estimate of drug-likeness (QED) is 0.0823. The van der Waals surface area contributed by atoms with Gasteiger partial charge in [0.2, 0.25) is 0 Å². The van der Waals surface area contributed by atoms with Crippen LogP contribution in [0.3, 0.4) is 0 Å². The monoisotopic (exact) mass is 727 g/mol. The molecule has 6 aromatic rings. The summed E-state index contributed by atoms with van der Waals surface area (Å²) in [5.41, 5.74) is 8.39. The first-order valence-corrected chi connectivity index (χ1v) is 20.1. The van der Waals surface area contributed by atoms with Gasteiger partial charge in [-0.2, -0.15) is 0 Å². The second-order valence-electron chi connectivity index (χ2n) is 15.7. The van der Waals surface area contributed by atoms with Crippen LogP contribution in [0.25, 0.3) is 32.7 Å². The van der Waals surface area contributed by atoms with Crippen LogP contribution in [0.15, 0.2) is 79.3 Å². The van der Waals surface area contributed by atoms with Gasteiger partial charge in [-0.05, 0) is 126 Å². The number of nitrogens with one attached hydrogen (secondary N) is 3. The Bertz CT molecular complexity index is 2210. The number of benzene rings is 3. The van der Waals surface area contributed by atoms with E-state index in [-0.39, 0.29) is 12.0 Å². The van der Waals surface area contributed by atoms with Crippen molar-refractivity contribution < 1.29 is 24.6 Å². The first-order valence-electron chi connectivity index (χ1n) is 20.1. The highest BCUT2D eigenvalue weighted by molar-refractivity contribution is 6.42. The Kier molecular flexibility index (Phi) is 12.0.